The number of hydrogen-bond acceptors (Lipinski definition) is 7. The lowest BCUT2D eigenvalue weighted by atomic mass is 10.1. The molecule has 13 nitrogen and oxygen atoms in total. The molecule has 0 saturated carbocycles. The van der Waals surface area contributed by atoms with Gasteiger partial charge in [-0.3, -0.25) is 19.2 Å². The summed E-state index contributed by atoms with van der Waals surface area (Å²) in [6.07, 6.45) is 3.82. The lowest BCUT2D eigenvalue weighted by molar-refractivity contribution is -0.144. The summed E-state index contributed by atoms with van der Waals surface area (Å²) in [5.74, 6) is -3.48. The lowest BCUT2D eigenvalue weighted by Crippen LogP contribution is -2.53. The molecule has 4 amide bonds. The number of H-pyrrole nitrogens is 1. The minimum absolute atomic E-state index is 0.0149. The summed E-state index contributed by atoms with van der Waals surface area (Å²) < 4.78 is 0. The minimum Gasteiger partial charge on any atom is -0.480 e. The van der Waals surface area contributed by atoms with Gasteiger partial charge in [0.15, 0.2) is 0 Å². The van der Waals surface area contributed by atoms with Gasteiger partial charge in [0.25, 0.3) is 0 Å². The number of amides is 4. The first kappa shape index (κ1) is 23.8. The Bertz CT molecular complexity index is 812. The molecule has 1 aromatic rings. The number of aromatic nitrogens is 2. The summed E-state index contributed by atoms with van der Waals surface area (Å²) in [5, 5.41) is 14.2. The normalized spacial score (nSPS) is 17.6. The van der Waals surface area contributed by atoms with Crippen molar-refractivity contribution in [3.05, 3.63) is 18.2 Å². The van der Waals surface area contributed by atoms with Gasteiger partial charge < -0.3 is 37.1 Å². The second-order valence-corrected chi connectivity index (χ2v) is 7.25. The van der Waals surface area contributed by atoms with Crippen molar-refractivity contribution < 1.29 is 29.1 Å². The van der Waals surface area contributed by atoms with Crippen molar-refractivity contribution >= 4 is 29.6 Å². The van der Waals surface area contributed by atoms with Gasteiger partial charge in [-0.2, -0.15) is 0 Å². The maximum atomic E-state index is 12.7. The maximum Gasteiger partial charge on any atom is 0.326 e. The summed E-state index contributed by atoms with van der Waals surface area (Å²) in [4.78, 5) is 67.3. The van der Waals surface area contributed by atoms with Crippen molar-refractivity contribution in [3.8, 4) is 0 Å². The highest BCUT2D eigenvalue weighted by molar-refractivity contribution is 5.93. The van der Waals surface area contributed by atoms with Gasteiger partial charge in [0.2, 0.25) is 23.6 Å². The largest absolute Gasteiger partial charge is 0.480 e. The van der Waals surface area contributed by atoms with Crippen LogP contribution in [-0.2, 0) is 30.4 Å². The molecule has 3 atom stereocenters. The van der Waals surface area contributed by atoms with E-state index in [2.05, 4.69) is 20.6 Å². The number of carbonyl (C=O) groups excluding carboxylic acids is 4. The first-order chi connectivity index (χ1) is 14.7. The number of carboxylic acids is 1. The average molecular weight is 437 g/mol. The molecule has 31 heavy (non-hydrogen) atoms. The second-order valence-electron chi connectivity index (χ2n) is 7.25. The number of likely N-dealkylation sites (tertiary alicyclic amines) is 1. The van der Waals surface area contributed by atoms with Gasteiger partial charge in [0.05, 0.1) is 18.9 Å². The molecule has 0 bridgehead atoms. The van der Waals surface area contributed by atoms with Crippen LogP contribution in [0.3, 0.4) is 0 Å². The van der Waals surface area contributed by atoms with Crippen LogP contribution in [0, 0.1) is 0 Å². The van der Waals surface area contributed by atoms with Gasteiger partial charge in [-0.05, 0) is 19.3 Å². The van der Waals surface area contributed by atoms with E-state index in [1.807, 2.05) is 0 Å². The van der Waals surface area contributed by atoms with E-state index in [-0.39, 0.29) is 25.8 Å². The number of aliphatic carboxylic acids is 1. The molecule has 2 heterocycles. The molecule has 1 aliphatic heterocycles. The quantitative estimate of drug-likeness (QED) is 0.212. The number of nitrogens with zero attached hydrogens (tertiary/aromatic N) is 2. The fraction of sp³-hybridized carbons (Fsp3) is 0.556. The zero-order valence-corrected chi connectivity index (χ0v) is 16.9. The van der Waals surface area contributed by atoms with Crippen LogP contribution in [0.25, 0.3) is 0 Å². The number of imidazole rings is 1. The molecule has 1 saturated heterocycles. The fourth-order valence-electron chi connectivity index (χ4n) is 3.25. The van der Waals surface area contributed by atoms with E-state index in [0.29, 0.717) is 25.1 Å². The smallest absolute Gasteiger partial charge is 0.326 e. The first-order valence-electron chi connectivity index (χ1n) is 9.80. The topological polar surface area (TPSA) is 214 Å². The number of aromatic amines is 1. The highest BCUT2D eigenvalue weighted by atomic mass is 16.4. The van der Waals surface area contributed by atoms with E-state index in [1.54, 1.807) is 0 Å². The molecule has 13 heteroatoms. The molecule has 0 spiro atoms. The van der Waals surface area contributed by atoms with Crippen molar-refractivity contribution in [1.29, 1.82) is 0 Å². The SMILES string of the molecule is NC(=O)CCC(N)C(=O)NCC(=O)N1CCCC1C(=O)NC(Cc1cnc[nH]1)C(=O)O. The highest BCUT2D eigenvalue weighted by Gasteiger charge is 2.36. The van der Waals surface area contributed by atoms with Crippen molar-refractivity contribution in [2.24, 2.45) is 11.5 Å². The maximum absolute atomic E-state index is 12.7. The number of primary amides is 1. The average Bonchev–Trinajstić information content (AvgIpc) is 3.41. The molecule has 3 unspecified atom stereocenters. The van der Waals surface area contributed by atoms with Gasteiger partial charge in [-0.15, -0.1) is 0 Å². The first-order valence-corrected chi connectivity index (χ1v) is 9.80. The van der Waals surface area contributed by atoms with E-state index in [1.165, 1.54) is 17.4 Å². The second kappa shape index (κ2) is 11.1. The van der Waals surface area contributed by atoms with Crippen LogP contribution in [-0.4, -0.2) is 80.8 Å². The molecule has 8 N–H and O–H groups in total. The van der Waals surface area contributed by atoms with Crippen molar-refractivity contribution in [1.82, 2.24) is 25.5 Å². The van der Waals surface area contributed by atoms with Crippen LogP contribution in [0.15, 0.2) is 12.5 Å². The van der Waals surface area contributed by atoms with E-state index in [9.17, 15) is 29.1 Å². The molecule has 2 rings (SSSR count). The van der Waals surface area contributed by atoms with Gasteiger partial charge in [0.1, 0.15) is 12.1 Å². The molecule has 1 fully saturated rings. The Balaban J connectivity index is 1.89. The number of rotatable bonds is 11. The molecule has 170 valence electrons. The Hall–Kier alpha value is -3.48. The Morgan fingerprint density at radius 3 is 2.68 bits per heavy atom. The van der Waals surface area contributed by atoms with Crippen molar-refractivity contribution in [2.45, 2.75) is 50.2 Å². The van der Waals surface area contributed by atoms with Crippen LogP contribution in [0.4, 0.5) is 0 Å². The van der Waals surface area contributed by atoms with Crippen LogP contribution in [0.1, 0.15) is 31.4 Å². The van der Waals surface area contributed by atoms with Gasteiger partial charge in [-0.25, -0.2) is 9.78 Å². The van der Waals surface area contributed by atoms with Crippen molar-refractivity contribution in [2.75, 3.05) is 13.1 Å². The van der Waals surface area contributed by atoms with E-state index < -0.39 is 47.7 Å². The Kier molecular flexibility index (Phi) is 8.49. The molecular weight excluding hydrogens is 410 g/mol. The van der Waals surface area contributed by atoms with Crippen LogP contribution >= 0.6 is 0 Å². The molecule has 0 aliphatic carbocycles. The Labute approximate surface area is 177 Å². The minimum atomic E-state index is -1.21. The van der Waals surface area contributed by atoms with E-state index in [4.69, 9.17) is 11.5 Å². The van der Waals surface area contributed by atoms with Crippen LogP contribution < -0.4 is 22.1 Å². The third-order valence-electron chi connectivity index (χ3n) is 4.92. The highest BCUT2D eigenvalue weighted by Crippen LogP contribution is 2.18. The third-order valence-corrected chi connectivity index (χ3v) is 4.92. The van der Waals surface area contributed by atoms with Crippen molar-refractivity contribution in [3.63, 3.8) is 0 Å². The predicted molar refractivity (Wildman–Crippen MR) is 106 cm³/mol. The number of nitrogens with two attached hydrogens (primary N) is 2. The van der Waals surface area contributed by atoms with Gasteiger partial charge >= 0.3 is 5.97 Å². The molecule has 0 aromatic carbocycles. The third kappa shape index (κ3) is 7.06. The standard InChI is InChI=1S/C18H27N7O6/c19-11(3-4-14(20)26)16(28)22-8-15(27)25-5-1-2-13(25)17(29)24-12(18(30)31)6-10-7-21-9-23-10/h7,9,11-13H,1-6,8,19H2,(H2,20,26)(H,21,23)(H,22,28)(H,24,29)(H,30,31). The Morgan fingerprint density at radius 1 is 1.32 bits per heavy atom. The summed E-state index contributed by atoms with van der Waals surface area (Å²) in [7, 11) is 0. The lowest BCUT2D eigenvalue weighted by Gasteiger charge is -2.25. The fourth-order valence-corrected chi connectivity index (χ4v) is 3.25. The number of carboxylic acid groups (broad SMARTS) is 1. The van der Waals surface area contributed by atoms with E-state index in [0.717, 1.165) is 0 Å². The van der Waals surface area contributed by atoms with Crippen LogP contribution in [0.2, 0.25) is 0 Å². The summed E-state index contributed by atoms with van der Waals surface area (Å²) in [6, 6.07) is -3.01. The Morgan fingerprint density at radius 2 is 2.06 bits per heavy atom. The monoisotopic (exact) mass is 437 g/mol. The zero-order chi connectivity index (χ0) is 23.0. The van der Waals surface area contributed by atoms with Gasteiger partial charge in [-0.1, -0.05) is 0 Å². The molecular formula is C18H27N7O6. The molecule has 1 aromatic heterocycles. The molecule has 1 aliphatic rings. The van der Waals surface area contributed by atoms with Gasteiger partial charge in [0, 0.05) is 31.3 Å². The number of carbonyl (C=O) groups is 5. The number of hydrogen-bond donors (Lipinski definition) is 6. The van der Waals surface area contributed by atoms with E-state index >= 15 is 0 Å². The summed E-state index contributed by atoms with van der Waals surface area (Å²) >= 11 is 0. The number of nitrogens with one attached hydrogen (secondary N) is 3. The predicted octanol–water partition coefficient (Wildman–Crippen LogP) is -2.78. The van der Waals surface area contributed by atoms with Crippen LogP contribution in [0.5, 0.6) is 0 Å². The zero-order valence-electron chi connectivity index (χ0n) is 16.9. The molecule has 0 radical (unpaired) electrons. The summed E-state index contributed by atoms with van der Waals surface area (Å²) in [6.45, 7) is -0.0673. The summed E-state index contributed by atoms with van der Waals surface area (Å²) in [5.41, 5.74) is 11.2.